The molecule has 0 saturated carbocycles. The fraction of sp³-hybridized carbons (Fsp3) is 0.182. The molecule has 1 atom stereocenters. The van der Waals surface area contributed by atoms with E-state index in [2.05, 4.69) is 11.2 Å². The van der Waals surface area contributed by atoms with Crippen molar-refractivity contribution in [3.05, 3.63) is 65.2 Å². The second-order valence-electron chi connectivity index (χ2n) is 6.67. The molecule has 29 heavy (non-hydrogen) atoms. The molecular formula is C22H19N3O4. The number of terminal acetylenes is 1. The number of nitrogens with one attached hydrogen (secondary N) is 1. The number of carbonyl (C=O) groups is 4. The van der Waals surface area contributed by atoms with Crippen molar-refractivity contribution in [2.45, 2.75) is 13.0 Å². The van der Waals surface area contributed by atoms with Crippen LogP contribution >= 0.6 is 0 Å². The number of amides is 4. The van der Waals surface area contributed by atoms with Gasteiger partial charge in [-0.15, -0.1) is 6.42 Å². The van der Waals surface area contributed by atoms with Crippen molar-refractivity contribution < 1.29 is 19.2 Å². The molecule has 1 heterocycles. The summed E-state index contributed by atoms with van der Waals surface area (Å²) in [5.74, 6) is 0.493. The van der Waals surface area contributed by atoms with Crippen LogP contribution in [0.4, 0.5) is 5.69 Å². The molecule has 2 aromatic rings. The van der Waals surface area contributed by atoms with Gasteiger partial charge in [-0.25, -0.2) is 0 Å². The van der Waals surface area contributed by atoms with E-state index in [9.17, 15) is 19.2 Å². The molecule has 3 rings (SSSR count). The SMILES string of the molecule is C#Cc1cccc(NC(=O)CN(C)C(=O)C(C)N2C(=O)c3ccccc3C2=O)c1. The molecule has 0 radical (unpaired) electrons. The summed E-state index contributed by atoms with van der Waals surface area (Å²) in [5.41, 5.74) is 1.67. The van der Waals surface area contributed by atoms with Crippen LogP contribution < -0.4 is 5.32 Å². The van der Waals surface area contributed by atoms with Gasteiger partial charge in [-0.3, -0.25) is 24.1 Å². The molecule has 146 valence electrons. The number of fused-ring (bicyclic) bond motifs is 1. The normalized spacial score (nSPS) is 13.5. The van der Waals surface area contributed by atoms with E-state index >= 15 is 0 Å². The highest BCUT2D eigenvalue weighted by Crippen LogP contribution is 2.25. The number of likely N-dealkylation sites (N-methyl/N-ethyl adjacent to an activating group) is 1. The highest BCUT2D eigenvalue weighted by atomic mass is 16.2. The van der Waals surface area contributed by atoms with E-state index in [0.717, 1.165) is 4.90 Å². The van der Waals surface area contributed by atoms with Gasteiger partial charge in [0.15, 0.2) is 0 Å². The van der Waals surface area contributed by atoms with Crippen molar-refractivity contribution in [3.8, 4) is 12.3 Å². The molecule has 2 aromatic carbocycles. The van der Waals surface area contributed by atoms with Gasteiger partial charge < -0.3 is 10.2 Å². The highest BCUT2D eigenvalue weighted by molar-refractivity contribution is 6.22. The minimum Gasteiger partial charge on any atom is -0.335 e. The van der Waals surface area contributed by atoms with Crippen LogP contribution in [-0.2, 0) is 9.59 Å². The van der Waals surface area contributed by atoms with Gasteiger partial charge in [0.1, 0.15) is 6.04 Å². The molecule has 1 N–H and O–H groups in total. The predicted molar refractivity (Wildman–Crippen MR) is 107 cm³/mol. The van der Waals surface area contributed by atoms with Crippen molar-refractivity contribution in [2.24, 2.45) is 0 Å². The van der Waals surface area contributed by atoms with Crippen molar-refractivity contribution in [1.82, 2.24) is 9.80 Å². The Bertz CT molecular complexity index is 1020. The molecule has 7 nitrogen and oxygen atoms in total. The van der Waals surface area contributed by atoms with Gasteiger partial charge in [0.05, 0.1) is 17.7 Å². The summed E-state index contributed by atoms with van der Waals surface area (Å²) in [6.07, 6.45) is 5.34. The summed E-state index contributed by atoms with van der Waals surface area (Å²) >= 11 is 0. The third kappa shape index (κ3) is 3.87. The molecule has 0 aliphatic carbocycles. The van der Waals surface area contributed by atoms with E-state index in [0.29, 0.717) is 11.3 Å². The maximum atomic E-state index is 12.7. The Balaban J connectivity index is 1.65. The monoisotopic (exact) mass is 389 g/mol. The van der Waals surface area contributed by atoms with Gasteiger partial charge in [-0.05, 0) is 37.3 Å². The van der Waals surface area contributed by atoms with Gasteiger partial charge in [0.25, 0.3) is 11.8 Å². The lowest BCUT2D eigenvalue weighted by atomic mass is 10.1. The third-order valence-corrected chi connectivity index (χ3v) is 4.64. The molecule has 1 unspecified atom stereocenters. The number of nitrogens with zero attached hydrogens (tertiary/aromatic N) is 2. The van der Waals surface area contributed by atoms with Crippen LogP contribution in [0.25, 0.3) is 0 Å². The topological polar surface area (TPSA) is 86.8 Å². The van der Waals surface area contributed by atoms with Crippen LogP contribution in [0.1, 0.15) is 33.2 Å². The highest BCUT2D eigenvalue weighted by Gasteiger charge is 2.41. The van der Waals surface area contributed by atoms with E-state index < -0.39 is 29.7 Å². The van der Waals surface area contributed by atoms with Gasteiger partial charge in [-0.1, -0.05) is 24.1 Å². The molecule has 0 saturated heterocycles. The third-order valence-electron chi connectivity index (χ3n) is 4.64. The molecule has 1 aliphatic heterocycles. The second kappa shape index (κ2) is 7.98. The molecule has 0 aromatic heterocycles. The Morgan fingerprint density at radius 2 is 1.72 bits per heavy atom. The number of hydrogen-bond acceptors (Lipinski definition) is 4. The summed E-state index contributed by atoms with van der Waals surface area (Å²) < 4.78 is 0. The average Bonchev–Trinajstić information content (AvgIpc) is 2.97. The minimum atomic E-state index is -1.04. The Kier molecular flexibility index (Phi) is 5.46. The summed E-state index contributed by atoms with van der Waals surface area (Å²) in [4.78, 5) is 52.2. The standard InChI is InChI=1S/C22H19N3O4/c1-4-15-8-7-9-16(12-15)23-19(26)13-24(3)20(27)14(2)25-21(28)17-10-5-6-11-18(17)22(25)29/h1,5-12,14H,13H2,2-3H3,(H,23,26). The van der Waals surface area contributed by atoms with E-state index in [1.807, 2.05) is 0 Å². The van der Waals surface area contributed by atoms with Crippen LogP contribution in [0.2, 0.25) is 0 Å². The smallest absolute Gasteiger partial charge is 0.262 e. The lowest BCUT2D eigenvalue weighted by molar-refractivity contribution is -0.136. The first kappa shape index (κ1) is 19.8. The fourth-order valence-electron chi connectivity index (χ4n) is 3.17. The van der Waals surface area contributed by atoms with E-state index in [4.69, 9.17) is 6.42 Å². The lowest BCUT2D eigenvalue weighted by Crippen LogP contribution is -2.49. The van der Waals surface area contributed by atoms with Gasteiger partial charge in [0, 0.05) is 18.3 Å². The predicted octanol–water partition coefficient (Wildman–Crippen LogP) is 1.75. The Labute approximate surface area is 168 Å². The number of benzene rings is 2. The quantitative estimate of drug-likeness (QED) is 0.624. The van der Waals surface area contributed by atoms with Gasteiger partial charge >= 0.3 is 0 Å². The maximum absolute atomic E-state index is 12.7. The number of imide groups is 1. The lowest BCUT2D eigenvalue weighted by Gasteiger charge is -2.26. The van der Waals surface area contributed by atoms with Crippen molar-refractivity contribution >= 4 is 29.3 Å². The largest absolute Gasteiger partial charge is 0.335 e. The molecule has 1 aliphatic rings. The van der Waals surface area contributed by atoms with E-state index in [-0.39, 0.29) is 17.7 Å². The first-order valence-corrected chi connectivity index (χ1v) is 8.92. The Morgan fingerprint density at radius 3 is 2.31 bits per heavy atom. The zero-order valence-corrected chi connectivity index (χ0v) is 16.0. The first-order valence-electron chi connectivity index (χ1n) is 8.92. The summed E-state index contributed by atoms with van der Waals surface area (Å²) in [6, 6.07) is 12.1. The molecular weight excluding hydrogens is 370 g/mol. The van der Waals surface area contributed by atoms with Gasteiger partial charge in [-0.2, -0.15) is 0 Å². The number of carbonyl (C=O) groups excluding carboxylic acids is 4. The second-order valence-corrected chi connectivity index (χ2v) is 6.67. The van der Waals surface area contributed by atoms with Crippen molar-refractivity contribution in [2.75, 3.05) is 18.9 Å². The molecule has 7 heteroatoms. The zero-order valence-electron chi connectivity index (χ0n) is 16.0. The van der Waals surface area contributed by atoms with Crippen LogP contribution in [-0.4, -0.2) is 53.1 Å². The fourth-order valence-corrected chi connectivity index (χ4v) is 3.17. The van der Waals surface area contributed by atoms with Crippen molar-refractivity contribution in [1.29, 1.82) is 0 Å². The zero-order chi connectivity index (χ0) is 21.1. The molecule has 0 fully saturated rings. The minimum absolute atomic E-state index is 0.243. The number of rotatable bonds is 5. The first-order chi connectivity index (χ1) is 13.8. The van der Waals surface area contributed by atoms with E-state index in [1.165, 1.54) is 18.9 Å². The number of anilines is 1. The average molecular weight is 389 g/mol. The Morgan fingerprint density at radius 1 is 1.10 bits per heavy atom. The van der Waals surface area contributed by atoms with Crippen LogP contribution in [0.3, 0.4) is 0 Å². The molecule has 0 spiro atoms. The molecule has 0 bridgehead atoms. The summed E-state index contributed by atoms with van der Waals surface area (Å²) in [6.45, 7) is 1.22. The van der Waals surface area contributed by atoms with Gasteiger partial charge in [0.2, 0.25) is 11.8 Å². The Hall–Kier alpha value is -3.92. The van der Waals surface area contributed by atoms with Crippen LogP contribution in [0, 0.1) is 12.3 Å². The van der Waals surface area contributed by atoms with E-state index in [1.54, 1.807) is 48.5 Å². The summed E-state index contributed by atoms with van der Waals surface area (Å²) in [7, 11) is 1.44. The maximum Gasteiger partial charge on any atom is 0.262 e. The van der Waals surface area contributed by atoms with Crippen molar-refractivity contribution in [3.63, 3.8) is 0 Å². The van der Waals surface area contributed by atoms with Crippen LogP contribution in [0.15, 0.2) is 48.5 Å². The summed E-state index contributed by atoms with van der Waals surface area (Å²) in [5, 5.41) is 2.67. The number of hydrogen-bond donors (Lipinski definition) is 1. The van der Waals surface area contributed by atoms with Crippen LogP contribution in [0.5, 0.6) is 0 Å². The molecule has 4 amide bonds.